The van der Waals surface area contributed by atoms with Gasteiger partial charge in [0.25, 0.3) is 0 Å². The Balaban J connectivity index is 1.62. The van der Waals surface area contributed by atoms with Gasteiger partial charge < -0.3 is 15.4 Å². The highest BCUT2D eigenvalue weighted by Gasteiger charge is 2.08. The van der Waals surface area contributed by atoms with Crippen LogP contribution in [0.1, 0.15) is 29.6 Å². The summed E-state index contributed by atoms with van der Waals surface area (Å²) in [5.41, 5.74) is 7.00. The number of carboxylic acids is 1. The Morgan fingerprint density at radius 3 is 2.62 bits per heavy atom. The number of hydrazine groups is 1. The lowest BCUT2D eigenvalue weighted by atomic mass is 10.1. The highest BCUT2D eigenvalue weighted by atomic mass is 16.4. The Labute approximate surface area is 124 Å². The van der Waals surface area contributed by atoms with Gasteiger partial charge in [-0.25, -0.2) is 15.2 Å². The van der Waals surface area contributed by atoms with Crippen molar-refractivity contribution in [3.8, 4) is 0 Å². The SMILES string of the molecule is O=C(O)c1ccc(N=CNNCCN2CCCCC2)cc1. The predicted molar refractivity (Wildman–Crippen MR) is 83.0 cm³/mol. The number of piperidine rings is 1. The Kier molecular flexibility index (Phi) is 6.18. The van der Waals surface area contributed by atoms with Crippen LogP contribution in [-0.2, 0) is 0 Å². The fourth-order valence-electron chi connectivity index (χ4n) is 2.31. The summed E-state index contributed by atoms with van der Waals surface area (Å²) in [6, 6.07) is 6.43. The first-order chi connectivity index (χ1) is 10.3. The molecule has 0 bridgehead atoms. The Morgan fingerprint density at radius 2 is 1.95 bits per heavy atom. The van der Waals surface area contributed by atoms with E-state index in [9.17, 15) is 4.79 Å². The molecule has 114 valence electrons. The van der Waals surface area contributed by atoms with E-state index in [-0.39, 0.29) is 5.56 Å². The maximum atomic E-state index is 10.7. The summed E-state index contributed by atoms with van der Waals surface area (Å²) in [5, 5.41) is 8.79. The number of carbonyl (C=O) groups is 1. The van der Waals surface area contributed by atoms with E-state index in [2.05, 4.69) is 20.7 Å². The molecule has 1 heterocycles. The monoisotopic (exact) mass is 290 g/mol. The van der Waals surface area contributed by atoms with Crippen molar-refractivity contribution in [2.45, 2.75) is 19.3 Å². The van der Waals surface area contributed by atoms with E-state index in [0.29, 0.717) is 5.69 Å². The van der Waals surface area contributed by atoms with Crippen molar-refractivity contribution in [3.05, 3.63) is 29.8 Å². The second kappa shape index (κ2) is 8.39. The zero-order chi connectivity index (χ0) is 14.9. The standard InChI is InChI=1S/C15H22N4O2/c20-15(21)13-4-6-14(7-5-13)16-12-18-17-8-11-19-9-2-1-3-10-19/h4-7,12,17H,1-3,8-11H2,(H,16,18)(H,20,21). The van der Waals surface area contributed by atoms with Crippen LogP contribution in [0, 0.1) is 0 Å². The zero-order valence-electron chi connectivity index (χ0n) is 12.1. The lowest BCUT2D eigenvalue weighted by molar-refractivity contribution is 0.0697. The van der Waals surface area contributed by atoms with E-state index in [1.54, 1.807) is 30.6 Å². The molecular formula is C15H22N4O2. The van der Waals surface area contributed by atoms with Crippen molar-refractivity contribution in [1.29, 1.82) is 0 Å². The Morgan fingerprint density at radius 1 is 1.24 bits per heavy atom. The number of hydrogen-bond donors (Lipinski definition) is 3. The molecule has 0 aromatic heterocycles. The molecule has 0 saturated carbocycles. The van der Waals surface area contributed by atoms with Crippen molar-refractivity contribution in [1.82, 2.24) is 15.8 Å². The molecule has 6 heteroatoms. The van der Waals surface area contributed by atoms with Crippen molar-refractivity contribution in [2.75, 3.05) is 26.2 Å². The van der Waals surface area contributed by atoms with Gasteiger partial charge in [-0.05, 0) is 50.2 Å². The fourth-order valence-corrected chi connectivity index (χ4v) is 2.31. The highest BCUT2D eigenvalue weighted by molar-refractivity contribution is 5.87. The molecule has 0 amide bonds. The molecule has 0 spiro atoms. The van der Waals surface area contributed by atoms with E-state index in [1.807, 2.05) is 0 Å². The number of carboxylic acid groups (broad SMARTS) is 1. The predicted octanol–water partition coefficient (Wildman–Crippen LogP) is 1.62. The topological polar surface area (TPSA) is 77.0 Å². The van der Waals surface area contributed by atoms with Gasteiger partial charge in [-0.2, -0.15) is 0 Å². The smallest absolute Gasteiger partial charge is 0.335 e. The highest BCUT2D eigenvalue weighted by Crippen LogP contribution is 2.12. The molecule has 21 heavy (non-hydrogen) atoms. The average Bonchev–Trinajstić information content (AvgIpc) is 2.52. The van der Waals surface area contributed by atoms with E-state index in [0.717, 1.165) is 13.1 Å². The molecule has 0 aliphatic carbocycles. The van der Waals surface area contributed by atoms with Gasteiger partial charge in [0.15, 0.2) is 0 Å². The first kappa shape index (κ1) is 15.5. The molecule has 2 rings (SSSR count). The number of benzene rings is 1. The summed E-state index contributed by atoms with van der Waals surface area (Å²) in [5.74, 6) is -0.928. The van der Waals surface area contributed by atoms with Crippen LogP contribution < -0.4 is 10.9 Å². The maximum absolute atomic E-state index is 10.7. The van der Waals surface area contributed by atoms with Crippen LogP contribution in [0.5, 0.6) is 0 Å². The average molecular weight is 290 g/mol. The molecule has 0 atom stereocenters. The largest absolute Gasteiger partial charge is 0.478 e. The quantitative estimate of drug-likeness (QED) is 0.308. The second-order valence-electron chi connectivity index (χ2n) is 5.08. The molecule has 1 aliphatic rings. The lowest BCUT2D eigenvalue weighted by Crippen LogP contribution is -2.40. The summed E-state index contributed by atoms with van der Waals surface area (Å²) in [6.07, 6.45) is 5.55. The van der Waals surface area contributed by atoms with Gasteiger partial charge >= 0.3 is 5.97 Å². The first-order valence-corrected chi connectivity index (χ1v) is 7.32. The molecule has 3 N–H and O–H groups in total. The normalized spacial score (nSPS) is 16.2. The number of aliphatic imine (C=N–C) groups is 1. The number of rotatable bonds is 7. The van der Waals surface area contributed by atoms with Crippen molar-refractivity contribution in [2.24, 2.45) is 4.99 Å². The van der Waals surface area contributed by atoms with Gasteiger partial charge in [0.1, 0.15) is 6.34 Å². The minimum Gasteiger partial charge on any atom is -0.478 e. The van der Waals surface area contributed by atoms with Crippen LogP contribution in [0.2, 0.25) is 0 Å². The van der Waals surface area contributed by atoms with Crippen molar-refractivity contribution < 1.29 is 9.90 Å². The molecule has 1 fully saturated rings. The maximum Gasteiger partial charge on any atom is 0.335 e. The molecule has 1 saturated heterocycles. The first-order valence-electron chi connectivity index (χ1n) is 7.32. The third-order valence-electron chi connectivity index (χ3n) is 3.50. The van der Waals surface area contributed by atoms with E-state index in [4.69, 9.17) is 5.11 Å². The number of nitrogens with zero attached hydrogens (tertiary/aromatic N) is 2. The number of aromatic carboxylic acids is 1. The van der Waals surface area contributed by atoms with Gasteiger partial charge in [-0.15, -0.1) is 0 Å². The Bertz CT molecular complexity index is 467. The number of likely N-dealkylation sites (tertiary alicyclic amines) is 1. The van der Waals surface area contributed by atoms with Gasteiger partial charge in [0.2, 0.25) is 0 Å². The molecule has 6 nitrogen and oxygen atoms in total. The van der Waals surface area contributed by atoms with E-state index >= 15 is 0 Å². The summed E-state index contributed by atoms with van der Waals surface area (Å²) >= 11 is 0. The molecule has 1 aromatic rings. The Hall–Kier alpha value is -1.92. The summed E-state index contributed by atoms with van der Waals surface area (Å²) < 4.78 is 0. The van der Waals surface area contributed by atoms with Crippen LogP contribution >= 0.6 is 0 Å². The number of nitrogens with one attached hydrogen (secondary N) is 2. The number of hydrogen-bond acceptors (Lipinski definition) is 4. The molecule has 0 radical (unpaired) electrons. The van der Waals surface area contributed by atoms with Crippen molar-refractivity contribution >= 4 is 18.0 Å². The third kappa shape index (κ3) is 5.53. The van der Waals surface area contributed by atoms with E-state index < -0.39 is 5.97 Å². The summed E-state index contributed by atoms with van der Waals surface area (Å²) in [4.78, 5) is 17.4. The second-order valence-corrected chi connectivity index (χ2v) is 5.08. The van der Waals surface area contributed by atoms with Crippen LogP contribution in [0.25, 0.3) is 0 Å². The summed E-state index contributed by atoms with van der Waals surface area (Å²) in [7, 11) is 0. The lowest BCUT2D eigenvalue weighted by Gasteiger charge is -2.26. The molecule has 0 unspecified atom stereocenters. The van der Waals surface area contributed by atoms with Crippen LogP contribution in [0.4, 0.5) is 5.69 Å². The van der Waals surface area contributed by atoms with Gasteiger partial charge in [-0.1, -0.05) is 6.42 Å². The van der Waals surface area contributed by atoms with E-state index in [1.165, 1.54) is 32.4 Å². The molecule has 1 aromatic carbocycles. The van der Waals surface area contributed by atoms with Crippen LogP contribution in [0.3, 0.4) is 0 Å². The van der Waals surface area contributed by atoms with Gasteiger partial charge in [0.05, 0.1) is 11.3 Å². The zero-order valence-corrected chi connectivity index (χ0v) is 12.1. The van der Waals surface area contributed by atoms with Crippen molar-refractivity contribution in [3.63, 3.8) is 0 Å². The molecule has 1 aliphatic heterocycles. The van der Waals surface area contributed by atoms with Crippen LogP contribution in [0.15, 0.2) is 29.3 Å². The summed E-state index contributed by atoms with van der Waals surface area (Å²) in [6.45, 7) is 4.30. The molecular weight excluding hydrogens is 268 g/mol. The van der Waals surface area contributed by atoms with Crippen LogP contribution in [-0.4, -0.2) is 48.5 Å². The van der Waals surface area contributed by atoms with Gasteiger partial charge in [0, 0.05) is 13.1 Å². The third-order valence-corrected chi connectivity index (χ3v) is 3.50. The minimum atomic E-state index is -0.928. The fraction of sp³-hybridized carbons (Fsp3) is 0.467. The minimum absolute atomic E-state index is 0.265. The van der Waals surface area contributed by atoms with Gasteiger partial charge in [-0.3, -0.25) is 0 Å².